The normalized spacial score (nSPS) is 14.7. The van der Waals surface area contributed by atoms with Gasteiger partial charge in [0, 0.05) is 41.8 Å². The van der Waals surface area contributed by atoms with Gasteiger partial charge in [0.2, 0.25) is 6.10 Å². The minimum Gasteiger partial charge on any atom is -0.376 e. The van der Waals surface area contributed by atoms with Crippen molar-refractivity contribution in [2.45, 2.75) is 61.5 Å². The summed E-state index contributed by atoms with van der Waals surface area (Å²) in [5.74, 6) is 3.54. The highest BCUT2D eigenvalue weighted by Gasteiger charge is 2.32. The van der Waals surface area contributed by atoms with Crippen LogP contribution in [0.3, 0.4) is 0 Å². The fraction of sp³-hybridized carbons (Fsp3) is 0.750. The highest BCUT2D eigenvalue weighted by atomic mass is 32.3. The summed E-state index contributed by atoms with van der Waals surface area (Å²) in [5, 5.41) is 3.67. The highest BCUT2D eigenvalue weighted by Crippen LogP contribution is 2.49. The van der Waals surface area contributed by atoms with E-state index in [1.807, 2.05) is 12.4 Å². The molecule has 0 aliphatic rings. The topological polar surface area (TPSA) is 37.7 Å². The molecule has 0 aliphatic carbocycles. The number of aromatic nitrogens is 1. The van der Waals surface area contributed by atoms with Crippen LogP contribution in [0.2, 0.25) is 0 Å². The van der Waals surface area contributed by atoms with Gasteiger partial charge in [-0.05, 0) is 40.7 Å². The Bertz CT molecular complexity index is 478. The molecule has 2 N–H and O–H groups in total. The van der Waals surface area contributed by atoms with Gasteiger partial charge >= 0.3 is 0 Å². The lowest BCUT2D eigenvalue weighted by Gasteiger charge is -2.36. The zero-order valence-corrected chi connectivity index (χ0v) is 17.9. The molecule has 0 bridgehead atoms. The molecule has 1 aromatic rings. The summed E-state index contributed by atoms with van der Waals surface area (Å²) in [6.45, 7) is 20.0. The van der Waals surface area contributed by atoms with E-state index in [9.17, 15) is 0 Å². The van der Waals surface area contributed by atoms with Crippen molar-refractivity contribution in [2.75, 3.05) is 30.3 Å². The highest BCUT2D eigenvalue weighted by molar-refractivity contribution is 8.29. The maximum Gasteiger partial charge on any atom is 0.205 e. The van der Waals surface area contributed by atoms with E-state index in [2.05, 4.69) is 65.7 Å². The Morgan fingerprint density at radius 1 is 1.04 bits per heavy atom. The molecule has 1 rings (SSSR count). The second-order valence-electron chi connectivity index (χ2n) is 7.87. The average Bonchev–Trinajstić information content (AvgIpc) is 2.51. The summed E-state index contributed by atoms with van der Waals surface area (Å²) in [4.78, 5) is 4.35. The number of hydrogen-bond acceptors (Lipinski definition) is 2. The zero-order valence-electron chi connectivity index (χ0n) is 17.1. The molecule has 0 aromatic carbocycles. The molecule has 1 unspecified atom stereocenters. The van der Waals surface area contributed by atoms with E-state index in [1.165, 1.54) is 33.9 Å². The minimum absolute atomic E-state index is 0.227. The van der Waals surface area contributed by atoms with Crippen molar-refractivity contribution in [2.24, 2.45) is 5.41 Å². The van der Waals surface area contributed by atoms with Crippen molar-refractivity contribution in [3.63, 3.8) is 0 Å². The summed E-state index contributed by atoms with van der Waals surface area (Å²) < 4.78 is 5.47. The fourth-order valence-electron chi connectivity index (χ4n) is 3.12. The summed E-state index contributed by atoms with van der Waals surface area (Å²) in [7, 11) is -0.892. The maximum absolute atomic E-state index is 5.47. The maximum atomic E-state index is 5.47. The molecule has 24 heavy (non-hydrogen) atoms. The Morgan fingerprint density at radius 2 is 1.54 bits per heavy atom. The Kier molecular flexibility index (Phi) is 8.24. The minimum atomic E-state index is -0.892. The van der Waals surface area contributed by atoms with Crippen LogP contribution in [-0.4, -0.2) is 39.5 Å². The largest absolute Gasteiger partial charge is 0.376 e. The molecular weight excluding hydrogens is 316 g/mol. The predicted octanol–water partition coefficient (Wildman–Crippen LogP) is 4.68. The van der Waals surface area contributed by atoms with E-state index in [1.54, 1.807) is 0 Å². The van der Waals surface area contributed by atoms with Gasteiger partial charge in [0.15, 0.2) is 0 Å². The van der Waals surface area contributed by atoms with Crippen LogP contribution in [0, 0.1) is 19.3 Å². The van der Waals surface area contributed by atoms with E-state index in [-0.39, 0.29) is 11.5 Å². The van der Waals surface area contributed by atoms with Gasteiger partial charge in [0.25, 0.3) is 0 Å². The van der Waals surface area contributed by atoms with Crippen LogP contribution in [0.5, 0.6) is 0 Å². The van der Waals surface area contributed by atoms with Crippen LogP contribution in [0.4, 0.5) is 0 Å². The number of rotatable bonds is 9. The van der Waals surface area contributed by atoms with Gasteiger partial charge in [-0.2, -0.15) is 0 Å². The summed E-state index contributed by atoms with van der Waals surface area (Å²) >= 11 is 0. The molecule has 0 radical (unpaired) electrons. The van der Waals surface area contributed by atoms with E-state index >= 15 is 0 Å². The standard InChI is InChI=1S/C20H38N2OS/c1-9-24(10-2,11-3)23-18(14-22-15-20(6,7)8)19-16(4)12-21-13-17(19)5/h12-13,18,22H,9-11,14-15H2,1-8H3/p+1. The Balaban J connectivity index is 3.07. The number of aryl methyl sites for hydroxylation is 2. The Hall–Kier alpha value is -0.580. The first-order chi connectivity index (χ1) is 11.2. The second kappa shape index (κ2) is 9.21. The first-order valence-corrected chi connectivity index (χ1v) is 11.4. The Morgan fingerprint density at radius 3 is 1.96 bits per heavy atom. The molecule has 0 aliphatic heterocycles. The molecule has 1 atom stereocenters. The monoisotopic (exact) mass is 355 g/mol. The van der Waals surface area contributed by atoms with E-state index < -0.39 is 10.3 Å². The molecule has 0 saturated heterocycles. The molecule has 0 amide bonds. The third-order valence-corrected chi connectivity index (χ3v) is 8.60. The zero-order chi connectivity index (χ0) is 18.4. The van der Waals surface area contributed by atoms with Gasteiger partial charge < -0.3 is 9.50 Å². The lowest BCUT2D eigenvalue weighted by atomic mass is 9.96. The van der Waals surface area contributed by atoms with Crippen molar-refractivity contribution in [3.8, 4) is 0 Å². The molecule has 3 nitrogen and oxygen atoms in total. The third-order valence-electron chi connectivity index (χ3n) is 4.68. The predicted molar refractivity (Wildman–Crippen MR) is 110 cm³/mol. The van der Waals surface area contributed by atoms with Gasteiger partial charge in [0.1, 0.15) is 0 Å². The van der Waals surface area contributed by atoms with Crippen LogP contribution < -0.4 is 5.32 Å². The van der Waals surface area contributed by atoms with Crippen molar-refractivity contribution in [1.82, 2.24) is 10.3 Å². The van der Waals surface area contributed by atoms with E-state index in [0.29, 0.717) is 0 Å². The van der Waals surface area contributed by atoms with Crippen molar-refractivity contribution < 1.29 is 4.18 Å². The van der Waals surface area contributed by atoms with Gasteiger partial charge in [-0.25, -0.2) is 0 Å². The molecule has 140 valence electrons. The van der Waals surface area contributed by atoms with E-state index in [0.717, 1.165) is 13.1 Å². The molecule has 1 heterocycles. The number of nitrogens with one attached hydrogen (secondary N) is 1. The lowest BCUT2D eigenvalue weighted by molar-refractivity contribution is 0.0698. The second-order valence-corrected chi connectivity index (χ2v) is 11.8. The van der Waals surface area contributed by atoms with Gasteiger partial charge in [-0.1, -0.05) is 41.5 Å². The molecular formula is C20H39N2OS+. The van der Waals surface area contributed by atoms with Crippen LogP contribution >= 0.6 is 10.3 Å². The molecule has 0 fully saturated rings. The first-order valence-electron chi connectivity index (χ1n) is 9.28. The average molecular weight is 356 g/mol. The number of aliphatic hydroxyl groups is 1. The fourth-order valence-corrected chi connectivity index (χ4v) is 5.51. The summed E-state index contributed by atoms with van der Waals surface area (Å²) in [6.07, 6.45) is 4.19. The quantitative estimate of drug-likeness (QED) is 0.653. The SMILES string of the molecule is CCS(CC)(CC)[OH+]C(CNCC(C)(C)C)c1c(C)cncc1C. The smallest absolute Gasteiger partial charge is 0.205 e. The van der Waals surface area contributed by atoms with E-state index in [4.69, 9.17) is 4.18 Å². The molecule has 4 heteroatoms. The van der Waals surface area contributed by atoms with Gasteiger partial charge in [-0.15, -0.1) is 0 Å². The van der Waals surface area contributed by atoms with Crippen molar-refractivity contribution in [3.05, 3.63) is 29.1 Å². The van der Waals surface area contributed by atoms with Crippen molar-refractivity contribution in [1.29, 1.82) is 0 Å². The Labute approximate surface area is 151 Å². The summed E-state index contributed by atoms with van der Waals surface area (Å²) in [6, 6.07) is 0. The van der Waals surface area contributed by atoms with Crippen LogP contribution in [0.15, 0.2) is 12.4 Å². The van der Waals surface area contributed by atoms with Gasteiger partial charge in [0.05, 0.1) is 6.54 Å². The van der Waals surface area contributed by atoms with Crippen molar-refractivity contribution >= 4 is 10.3 Å². The number of hydrogen-bond donors (Lipinski definition) is 1. The van der Waals surface area contributed by atoms with Crippen LogP contribution in [0.25, 0.3) is 0 Å². The third kappa shape index (κ3) is 6.05. The van der Waals surface area contributed by atoms with Gasteiger partial charge in [-0.3, -0.25) is 4.98 Å². The lowest BCUT2D eigenvalue weighted by Crippen LogP contribution is -2.34. The number of pyridine rings is 1. The molecule has 1 aromatic heterocycles. The number of nitrogens with zero attached hydrogens (tertiary/aromatic N) is 1. The molecule has 0 saturated carbocycles. The van der Waals surface area contributed by atoms with Crippen LogP contribution in [0.1, 0.15) is 64.3 Å². The first kappa shape index (κ1) is 21.5. The molecule has 0 spiro atoms. The summed E-state index contributed by atoms with van der Waals surface area (Å²) in [5.41, 5.74) is 4.19. The van der Waals surface area contributed by atoms with Crippen LogP contribution in [-0.2, 0) is 0 Å².